The smallest absolute Gasteiger partial charge is 0.239 e. The Morgan fingerprint density at radius 3 is 2.77 bits per heavy atom. The molecule has 5 nitrogen and oxygen atoms in total. The van der Waals surface area contributed by atoms with Gasteiger partial charge < -0.3 is 16.0 Å². The standard InChI is InChI=1S/C15H20ClN3O2.ClH/c1-15(2,17)9-18-13(20)12-6-7-19(14(12)21)11-5-3-4-10(16)8-11;/h3-5,8,12H,6-7,9,17H2,1-2H3,(H,18,20);1H. The number of rotatable bonds is 4. The number of hydrogen-bond donors (Lipinski definition) is 2. The van der Waals surface area contributed by atoms with Crippen molar-refractivity contribution in [2.75, 3.05) is 18.0 Å². The monoisotopic (exact) mass is 345 g/mol. The first-order valence-corrected chi connectivity index (χ1v) is 7.29. The second kappa shape index (κ2) is 7.31. The van der Waals surface area contributed by atoms with Crippen LogP contribution in [0, 0.1) is 5.92 Å². The molecule has 1 aromatic carbocycles. The van der Waals surface area contributed by atoms with Crippen LogP contribution in [0.25, 0.3) is 0 Å². The predicted molar refractivity (Wildman–Crippen MR) is 90.4 cm³/mol. The first kappa shape index (κ1) is 18.7. The molecule has 1 aliphatic rings. The molecule has 2 amide bonds. The number of halogens is 2. The SMILES string of the molecule is CC(C)(N)CNC(=O)C1CCN(c2cccc(Cl)c2)C1=O.Cl. The van der Waals surface area contributed by atoms with E-state index in [0.717, 1.165) is 5.69 Å². The largest absolute Gasteiger partial charge is 0.354 e. The van der Waals surface area contributed by atoms with Crippen molar-refractivity contribution in [3.8, 4) is 0 Å². The molecule has 1 atom stereocenters. The molecular formula is C15H21Cl2N3O2. The molecule has 1 fully saturated rings. The van der Waals surface area contributed by atoms with Crippen molar-refractivity contribution < 1.29 is 9.59 Å². The Labute approximate surface area is 141 Å². The fraction of sp³-hybridized carbons (Fsp3) is 0.467. The number of carbonyl (C=O) groups is 2. The zero-order chi connectivity index (χ0) is 15.6. The Morgan fingerprint density at radius 1 is 1.50 bits per heavy atom. The van der Waals surface area contributed by atoms with E-state index >= 15 is 0 Å². The lowest BCUT2D eigenvalue weighted by molar-refractivity contribution is -0.132. The van der Waals surface area contributed by atoms with E-state index in [1.807, 2.05) is 19.9 Å². The molecule has 3 N–H and O–H groups in total. The minimum atomic E-state index is -0.647. The first-order chi connectivity index (χ1) is 9.78. The van der Waals surface area contributed by atoms with Crippen LogP contribution in [-0.4, -0.2) is 30.4 Å². The number of nitrogens with zero attached hydrogens (tertiary/aromatic N) is 1. The summed E-state index contributed by atoms with van der Waals surface area (Å²) in [6.07, 6.45) is 0.502. The maximum atomic E-state index is 12.4. The van der Waals surface area contributed by atoms with Gasteiger partial charge in [-0.15, -0.1) is 12.4 Å². The van der Waals surface area contributed by atoms with Gasteiger partial charge in [0, 0.05) is 29.3 Å². The van der Waals surface area contributed by atoms with E-state index in [0.29, 0.717) is 24.5 Å². The summed E-state index contributed by atoms with van der Waals surface area (Å²) in [6, 6.07) is 7.07. The molecule has 1 aromatic rings. The highest BCUT2D eigenvalue weighted by Crippen LogP contribution is 2.27. The molecule has 1 saturated heterocycles. The highest BCUT2D eigenvalue weighted by Gasteiger charge is 2.37. The van der Waals surface area contributed by atoms with Gasteiger partial charge in [0.1, 0.15) is 5.92 Å². The Hall–Kier alpha value is -1.30. The molecule has 0 spiro atoms. The molecule has 1 aliphatic heterocycles. The van der Waals surface area contributed by atoms with Crippen molar-refractivity contribution in [2.45, 2.75) is 25.8 Å². The molecule has 122 valence electrons. The lowest BCUT2D eigenvalue weighted by Gasteiger charge is -2.20. The third-order valence-corrected chi connectivity index (χ3v) is 3.60. The molecule has 0 saturated carbocycles. The molecular weight excluding hydrogens is 325 g/mol. The van der Waals surface area contributed by atoms with E-state index < -0.39 is 11.5 Å². The van der Waals surface area contributed by atoms with E-state index in [-0.39, 0.29) is 24.2 Å². The predicted octanol–water partition coefficient (Wildman–Crippen LogP) is 1.97. The molecule has 0 aromatic heterocycles. The minimum Gasteiger partial charge on any atom is -0.354 e. The van der Waals surface area contributed by atoms with Crippen LogP contribution in [0.1, 0.15) is 20.3 Å². The van der Waals surface area contributed by atoms with E-state index in [2.05, 4.69) is 5.32 Å². The maximum absolute atomic E-state index is 12.4. The molecule has 2 rings (SSSR count). The molecule has 0 bridgehead atoms. The highest BCUT2D eigenvalue weighted by atomic mass is 35.5. The van der Waals surface area contributed by atoms with Crippen LogP contribution >= 0.6 is 24.0 Å². The fourth-order valence-electron chi connectivity index (χ4n) is 2.26. The van der Waals surface area contributed by atoms with Gasteiger partial charge in [-0.1, -0.05) is 17.7 Å². The van der Waals surface area contributed by atoms with Gasteiger partial charge >= 0.3 is 0 Å². The van der Waals surface area contributed by atoms with Crippen molar-refractivity contribution in [1.29, 1.82) is 0 Å². The van der Waals surface area contributed by atoms with Crippen molar-refractivity contribution in [2.24, 2.45) is 11.7 Å². The summed E-state index contributed by atoms with van der Waals surface area (Å²) in [5.74, 6) is -1.10. The summed E-state index contributed by atoms with van der Waals surface area (Å²) in [7, 11) is 0. The summed E-state index contributed by atoms with van der Waals surface area (Å²) in [6.45, 7) is 4.50. The van der Waals surface area contributed by atoms with Gasteiger partial charge in [-0.3, -0.25) is 9.59 Å². The van der Waals surface area contributed by atoms with Crippen LogP contribution < -0.4 is 16.0 Å². The zero-order valence-corrected chi connectivity index (χ0v) is 14.2. The minimum absolute atomic E-state index is 0. The first-order valence-electron chi connectivity index (χ1n) is 6.91. The Bertz CT molecular complexity index is 558. The van der Waals surface area contributed by atoms with Crippen LogP contribution in [-0.2, 0) is 9.59 Å². The Kier molecular flexibility index (Phi) is 6.23. The van der Waals surface area contributed by atoms with E-state index in [9.17, 15) is 9.59 Å². The summed E-state index contributed by atoms with van der Waals surface area (Å²) in [5.41, 5.74) is 6.06. The second-order valence-corrected chi connectivity index (χ2v) is 6.45. The number of amides is 2. The molecule has 1 unspecified atom stereocenters. The Balaban J connectivity index is 0.00000242. The molecule has 0 radical (unpaired) electrons. The van der Waals surface area contributed by atoms with E-state index in [1.54, 1.807) is 23.1 Å². The van der Waals surface area contributed by atoms with Crippen molar-refractivity contribution >= 4 is 41.5 Å². The van der Waals surface area contributed by atoms with Crippen LogP contribution in [0.2, 0.25) is 5.02 Å². The van der Waals surface area contributed by atoms with Crippen LogP contribution in [0.15, 0.2) is 24.3 Å². The third kappa shape index (κ3) is 4.60. The lowest BCUT2D eigenvalue weighted by Crippen LogP contribution is -2.47. The third-order valence-electron chi connectivity index (χ3n) is 3.36. The topological polar surface area (TPSA) is 75.4 Å². The summed E-state index contributed by atoms with van der Waals surface area (Å²) < 4.78 is 0. The van der Waals surface area contributed by atoms with Gasteiger partial charge in [0.05, 0.1) is 0 Å². The van der Waals surface area contributed by atoms with Gasteiger partial charge in [0.25, 0.3) is 0 Å². The fourth-order valence-corrected chi connectivity index (χ4v) is 2.45. The van der Waals surface area contributed by atoms with Gasteiger partial charge in [-0.05, 0) is 38.5 Å². The van der Waals surface area contributed by atoms with Crippen LogP contribution in [0.4, 0.5) is 5.69 Å². The average Bonchev–Trinajstić information content (AvgIpc) is 2.77. The van der Waals surface area contributed by atoms with Crippen molar-refractivity contribution in [1.82, 2.24) is 5.32 Å². The van der Waals surface area contributed by atoms with Crippen molar-refractivity contribution in [3.63, 3.8) is 0 Å². The second-order valence-electron chi connectivity index (χ2n) is 6.02. The average molecular weight is 346 g/mol. The van der Waals surface area contributed by atoms with E-state index in [4.69, 9.17) is 17.3 Å². The number of nitrogens with one attached hydrogen (secondary N) is 1. The van der Waals surface area contributed by atoms with Gasteiger partial charge in [-0.2, -0.15) is 0 Å². The number of hydrogen-bond acceptors (Lipinski definition) is 3. The lowest BCUT2D eigenvalue weighted by atomic mass is 10.0. The molecule has 7 heteroatoms. The van der Waals surface area contributed by atoms with Crippen LogP contribution in [0.3, 0.4) is 0 Å². The van der Waals surface area contributed by atoms with Gasteiger partial charge in [-0.25, -0.2) is 0 Å². The maximum Gasteiger partial charge on any atom is 0.239 e. The molecule has 1 heterocycles. The summed E-state index contributed by atoms with van der Waals surface area (Å²) in [5, 5.41) is 3.31. The number of benzene rings is 1. The van der Waals surface area contributed by atoms with Gasteiger partial charge in [0.2, 0.25) is 11.8 Å². The highest BCUT2D eigenvalue weighted by molar-refractivity contribution is 6.31. The normalized spacial score (nSPS) is 18.1. The molecule has 22 heavy (non-hydrogen) atoms. The number of carbonyl (C=O) groups excluding carboxylic acids is 2. The van der Waals surface area contributed by atoms with E-state index in [1.165, 1.54) is 0 Å². The van der Waals surface area contributed by atoms with Gasteiger partial charge in [0.15, 0.2) is 0 Å². The quantitative estimate of drug-likeness (QED) is 0.819. The number of anilines is 1. The van der Waals surface area contributed by atoms with Crippen LogP contribution in [0.5, 0.6) is 0 Å². The number of nitrogens with two attached hydrogens (primary N) is 1. The molecule has 0 aliphatic carbocycles. The Morgan fingerprint density at radius 2 is 2.18 bits per heavy atom. The van der Waals surface area contributed by atoms with Crippen molar-refractivity contribution in [3.05, 3.63) is 29.3 Å². The summed E-state index contributed by atoms with van der Waals surface area (Å²) >= 11 is 5.94. The summed E-state index contributed by atoms with van der Waals surface area (Å²) in [4.78, 5) is 26.1. The zero-order valence-electron chi connectivity index (χ0n) is 12.6.